The Bertz CT molecular complexity index is 917. The fourth-order valence-corrected chi connectivity index (χ4v) is 2.58. The lowest BCUT2D eigenvalue weighted by atomic mass is 10.1. The summed E-state index contributed by atoms with van der Waals surface area (Å²) in [6.45, 7) is 0.496. The SMILES string of the molecule is N#C/C(=C/c1c[nH]c2ccccc12)C(=O)NCCc1ccccc1. The minimum Gasteiger partial charge on any atom is -0.361 e. The molecule has 3 rings (SSSR count). The zero-order chi connectivity index (χ0) is 16.8. The first-order chi connectivity index (χ1) is 11.8. The summed E-state index contributed by atoms with van der Waals surface area (Å²) in [5.74, 6) is -0.348. The van der Waals surface area contributed by atoms with Crippen LogP contribution in [0.2, 0.25) is 0 Å². The minimum absolute atomic E-state index is 0.104. The molecule has 0 atom stereocenters. The summed E-state index contributed by atoms with van der Waals surface area (Å²) in [5, 5.41) is 13.1. The molecule has 0 spiro atoms. The Balaban J connectivity index is 1.69. The first kappa shape index (κ1) is 15.6. The third-order valence-electron chi connectivity index (χ3n) is 3.83. The highest BCUT2D eigenvalue weighted by Gasteiger charge is 2.10. The number of hydrogen-bond donors (Lipinski definition) is 2. The molecule has 2 aromatic carbocycles. The lowest BCUT2D eigenvalue weighted by Gasteiger charge is -2.04. The molecule has 1 amide bonds. The van der Waals surface area contributed by atoms with E-state index in [0.717, 1.165) is 28.5 Å². The number of H-pyrrole nitrogens is 1. The van der Waals surface area contributed by atoms with Gasteiger partial charge in [-0.25, -0.2) is 0 Å². The lowest BCUT2D eigenvalue weighted by Crippen LogP contribution is -2.26. The van der Waals surface area contributed by atoms with E-state index in [-0.39, 0.29) is 11.5 Å². The van der Waals surface area contributed by atoms with E-state index in [9.17, 15) is 10.1 Å². The van der Waals surface area contributed by atoms with Crippen molar-refractivity contribution in [2.75, 3.05) is 6.54 Å². The van der Waals surface area contributed by atoms with Crippen LogP contribution in [0.15, 0.2) is 66.4 Å². The van der Waals surface area contributed by atoms with Crippen LogP contribution in [0, 0.1) is 11.3 Å². The van der Waals surface area contributed by atoms with E-state index in [1.807, 2.05) is 60.7 Å². The predicted octanol–water partition coefficient (Wildman–Crippen LogP) is 3.43. The molecular formula is C20H17N3O. The van der Waals surface area contributed by atoms with Gasteiger partial charge in [0.2, 0.25) is 0 Å². The van der Waals surface area contributed by atoms with Gasteiger partial charge in [-0.2, -0.15) is 5.26 Å². The highest BCUT2D eigenvalue weighted by Crippen LogP contribution is 2.20. The van der Waals surface area contributed by atoms with Crippen molar-refractivity contribution in [2.45, 2.75) is 6.42 Å². The van der Waals surface area contributed by atoms with Crippen LogP contribution in [0.5, 0.6) is 0 Å². The molecule has 3 aromatic rings. The molecular weight excluding hydrogens is 298 g/mol. The van der Waals surface area contributed by atoms with Gasteiger partial charge in [-0.05, 0) is 24.1 Å². The summed E-state index contributed by atoms with van der Waals surface area (Å²) < 4.78 is 0. The standard InChI is InChI=1S/C20H17N3O/c21-13-16(12-17-14-23-19-9-5-4-8-18(17)19)20(24)22-11-10-15-6-2-1-3-7-15/h1-9,12,14,23H,10-11H2,(H,22,24)/b16-12-. The number of aromatic nitrogens is 1. The van der Waals surface area contributed by atoms with Gasteiger partial charge in [-0.1, -0.05) is 48.5 Å². The monoisotopic (exact) mass is 315 g/mol. The van der Waals surface area contributed by atoms with Crippen molar-refractivity contribution in [1.29, 1.82) is 5.26 Å². The number of para-hydroxylation sites is 1. The third-order valence-corrected chi connectivity index (χ3v) is 3.83. The molecule has 1 aromatic heterocycles. The van der Waals surface area contributed by atoms with Crippen LogP contribution in [0.1, 0.15) is 11.1 Å². The van der Waals surface area contributed by atoms with E-state index in [1.54, 1.807) is 12.3 Å². The molecule has 0 fully saturated rings. The minimum atomic E-state index is -0.348. The second kappa shape index (κ2) is 7.30. The van der Waals surface area contributed by atoms with E-state index in [4.69, 9.17) is 0 Å². The van der Waals surface area contributed by atoms with E-state index in [1.165, 1.54) is 0 Å². The first-order valence-electron chi connectivity index (χ1n) is 7.78. The average molecular weight is 315 g/mol. The highest BCUT2D eigenvalue weighted by atomic mass is 16.1. The summed E-state index contributed by atoms with van der Waals surface area (Å²) in [6, 6.07) is 19.7. The molecule has 0 saturated carbocycles. The second-order valence-electron chi connectivity index (χ2n) is 5.45. The topological polar surface area (TPSA) is 68.7 Å². The van der Waals surface area contributed by atoms with E-state index < -0.39 is 0 Å². The number of nitrogens with one attached hydrogen (secondary N) is 2. The molecule has 4 nitrogen and oxygen atoms in total. The zero-order valence-electron chi connectivity index (χ0n) is 13.1. The summed E-state index contributed by atoms with van der Waals surface area (Å²) in [6.07, 6.45) is 4.16. The van der Waals surface area contributed by atoms with Crippen molar-refractivity contribution in [1.82, 2.24) is 10.3 Å². The van der Waals surface area contributed by atoms with Crippen molar-refractivity contribution in [2.24, 2.45) is 0 Å². The Labute approximate surface area is 140 Å². The molecule has 0 aliphatic carbocycles. The van der Waals surface area contributed by atoms with Gasteiger partial charge in [0, 0.05) is 29.2 Å². The van der Waals surface area contributed by atoms with Crippen LogP contribution < -0.4 is 5.32 Å². The molecule has 0 aliphatic heterocycles. The third kappa shape index (κ3) is 3.53. The number of aromatic amines is 1. The Morgan fingerprint density at radius 2 is 1.88 bits per heavy atom. The smallest absolute Gasteiger partial charge is 0.261 e. The normalized spacial score (nSPS) is 11.2. The number of fused-ring (bicyclic) bond motifs is 1. The zero-order valence-corrected chi connectivity index (χ0v) is 13.1. The maximum absolute atomic E-state index is 12.2. The van der Waals surface area contributed by atoms with Gasteiger partial charge in [0.1, 0.15) is 11.6 Å². The van der Waals surface area contributed by atoms with Gasteiger partial charge in [-0.15, -0.1) is 0 Å². The molecule has 0 bridgehead atoms. The molecule has 0 unspecified atom stereocenters. The maximum Gasteiger partial charge on any atom is 0.261 e. The first-order valence-corrected chi connectivity index (χ1v) is 7.78. The van der Waals surface area contributed by atoms with E-state index >= 15 is 0 Å². The number of hydrogen-bond acceptors (Lipinski definition) is 2. The fraction of sp³-hybridized carbons (Fsp3) is 0.100. The summed E-state index contributed by atoms with van der Waals surface area (Å²) >= 11 is 0. The molecule has 4 heteroatoms. The predicted molar refractivity (Wildman–Crippen MR) is 95.0 cm³/mol. The van der Waals surface area contributed by atoms with Gasteiger partial charge < -0.3 is 10.3 Å². The number of carbonyl (C=O) groups excluding carboxylic acids is 1. The van der Waals surface area contributed by atoms with Crippen LogP contribution in [-0.2, 0) is 11.2 Å². The molecule has 2 N–H and O–H groups in total. The molecule has 1 heterocycles. The Morgan fingerprint density at radius 1 is 1.12 bits per heavy atom. The number of carbonyl (C=O) groups is 1. The number of amides is 1. The summed E-state index contributed by atoms with van der Waals surface area (Å²) in [4.78, 5) is 15.4. The van der Waals surface area contributed by atoms with Gasteiger partial charge in [0.05, 0.1) is 0 Å². The molecule has 118 valence electrons. The van der Waals surface area contributed by atoms with Crippen LogP contribution in [0.4, 0.5) is 0 Å². The van der Waals surface area contributed by atoms with Crippen LogP contribution >= 0.6 is 0 Å². The maximum atomic E-state index is 12.2. The summed E-state index contributed by atoms with van der Waals surface area (Å²) in [5.41, 5.74) is 3.07. The Morgan fingerprint density at radius 3 is 2.67 bits per heavy atom. The van der Waals surface area contributed by atoms with Gasteiger partial charge in [0.25, 0.3) is 5.91 Å². The number of rotatable bonds is 5. The van der Waals surface area contributed by atoms with Crippen molar-refractivity contribution in [3.8, 4) is 6.07 Å². The Kier molecular flexibility index (Phi) is 4.73. The van der Waals surface area contributed by atoms with Gasteiger partial charge in [0.15, 0.2) is 0 Å². The van der Waals surface area contributed by atoms with Crippen LogP contribution in [-0.4, -0.2) is 17.4 Å². The van der Waals surface area contributed by atoms with Crippen molar-refractivity contribution in [3.63, 3.8) is 0 Å². The van der Waals surface area contributed by atoms with Crippen LogP contribution in [0.25, 0.3) is 17.0 Å². The van der Waals surface area contributed by atoms with Crippen molar-refractivity contribution >= 4 is 22.9 Å². The van der Waals surface area contributed by atoms with Crippen LogP contribution in [0.3, 0.4) is 0 Å². The Hall–Kier alpha value is -3.32. The average Bonchev–Trinajstić information content (AvgIpc) is 3.03. The number of nitriles is 1. The van der Waals surface area contributed by atoms with Gasteiger partial charge >= 0.3 is 0 Å². The van der Waals surface area contributed by atoms with Crippen molar-refractivity contribution in [3.05, 3.63) is 77.5 Å². The summed E-state index contributed by atoms with van der Waals surface area (Å²) in [7, 11) is 0. The molecule has 0 radical (unpaired) electrons. The molecule has 0 saturated heterocycles. The lowest BCUT2D eigenvalue weighted by molar-refractivity contribution is -0.117. The van der Waals surface area contributed by atoms with Gasteiger partial charge in [-0.3, -0.25) is 4.79 Å². The molecule has 0 aliphatic rings. The molecule has 24 heavy (non-hydrogen) atoms. The largest absolute Gasteiger partial charge is 0.361 e. The number of nitrogens with zero attached hydrogens (tertiary/aromatic N) is 1. The highest BCUT2D eigenvalue weighted by molar-refractivity contribution is 6.03. The van der Waals surface area contributed by atoms with E-state index in [2.05, 4.69) is 10.3 Å². The van der Waals surface area contributed by atoms with E-state index in [0.29, 0.717) is 6.54 Å². The second-order valence-corrected chi connectivity index (χ2v) is 5.45. The fourth-order valence-electron chi connectivity index (χ4n) is 2.58. The number of benzene rings is 2. The quantitative estimate of drug-likeness (QED) is 0.559. The van der Waals surface area contributed by atoms with Crippen molar-refractivity contribution < 1.29 is 4.79 Å².